The van der Waals surface area contributed by atoms with Crippen LogP contribution < -0.4 is 0 Å². The third-order valence-corrected chi connectivity index (χ3v) is 7.07. The van der Waals surface area contributed by atoms with E-state index in [1.165, 1.54) is 51.6 Å². The summed E-state index contributed by atoms with van der Waals surface area (Å²) in [6.45, 7) is 7.03. The van der Waals surface area contributed by atoms with Gasteiger partial charge in [0.15, 0.2) is 0 Å². The van der Waals surface area contributed by atoms with Gasteiger partial charge in [-0.05, 0) is 65.5 Å². The third-order valence-electron chi connectivity index (χ3n) is 5.66. The molecule has 1 aliphatic carbocycles. The molecule has 3 nitrogen and oxygen atoms in total. The van der Waals surface area contributed by atoms with Crippen molar-refractivity contribution in [2.45, 2.75) is 46.5 Å². The van der Waals surface area contributed by atoms with E-state index in [-0.39, 0.29) is 13.1 Å². The first-order valence-electron chi connectivity index (χ1n) is 9.72. The van der Waals surface area contributed by atoms with Crippen LogP contribution >= 0.6 is 11.3 Å². The fourth-order valence-electron chi connectivity index (χ4n) is 4.21. The van der Waals surface area contributed by atoms with E-state index in [1.54, 1.807) is 10.4 Å². The van der Waals surface area contributed by atoms with Crippen LogP contribution in [-0.2, 0) is 24.1 Å². The number of fused-ring (bicyclic) bond motifs is 2. The molecule has 0 saturated carbocycles. The third kappa shape index (κ3) is 3.98. The van der Waals surface area contributed by atoms with Crippen molar-refractivity contribution < 1.29 is 15.0 Å². The van der Waals surface area contributed by atoms with Gasteiger partial charge >= 0.3 is 0 Å². The number of aliphatic hydroxyl groups is 1. The first-order valence-corrected chi connectivity index (χ1v) is 10.5. The van der Waals surface area contributed by atoms with E-state index in [0.29, 0.717) is 11.8 Å². The second-order valence-electron chi connectivity index (χ2n) is 8.20. The fourth-order valence-corrected chi connectivity index (χ4v) is 5.63. The fraction of sp³-hybridized carbons (Fsp3) is 0.375. The van der Waals surface area contributed by atoms with Gasteiger partial charge in [-0.3, -0.25) is 4.79 Å². The summed E-state index contributed by atoms with van der Waals surface area (Å²) in [5.41, 5.74) is 6.06. The molecule has 3 aromatic rings. The highest BCUT2D eigenvalue weighted by Crippen LogP contribution is 2.47. The van der Waals surface area contributed by atoms with Gasteiger partial charge in [-0.15, -0.1) is 11.3 Å². The maximum absolute atomic E-state index is 9.57. The largest absolute Gasteiger partial charge is 0.483 e. The summed E-state index contributed by atoms with van der Waals surface area (Å²) in [7, 11) is 0. The average Bonchev–Trinajstić information content (AvgIpc) is 2.97. The first-order chi connectivity index (χ1) is 13.4. The van der Waals surface area contributed by atoms with Crippen molar-refractivity contribution in [2.75, 3.05) is 6.61 Å². The molecule has 0 atom stereocenters. The molecule has 148 valence electrons. The van der Waals surface area contributed by atoms with Crippen molar-refractivity contribution in [1.82, 2.24) is 0 Å². The zero-order valence-corrected chi connectivity index (χ0v) is 17.6. The van der Waals surface area contributed by atoms with Crippen molar-refractivity contribution in [3.05, 3.63) is 58.0 Å². The minimum Gasteiger partial charge on any atom is -0.483 e. The van der Waals surface area contributed by atoms with Gasteiger partial charge < -0.3 is 10.2 Å². The number of hydrogen-bond acceptors (Lipinski definition) is 3. The predicted octanol–water partition coefficient (Wildman–Crippen LogP) is 5.63. The molecule has 0 amide bonds. The molecule has 2 N–H and O–H groups in total. The van der Waals surface area contributed by atoms with E-state index in [4.69, 9.17) is 9.90 Å². The minimum atomic E-state index is -0.250. The summed E-state index contributed by atoms with van der Waals surface area (Å²) in [5, 5.41) is 19.1. The van der Waals surface area contributed by atoms with Crippen LogP contribution in [0, 0.1) is 12.3 Å². The second-order valence-corrected chi connectivity index (χ2v) is 9.30. The first kappa shape index (κ1) is 20.6. The normalized spacial score (nSPS) is 14.9. The minimum absolute atomic E-state index is 0.197. The molecule has 28 heavy (non-hydrogen) atoms. The van der Waals surface area contributed by atoms with Gasteiger partial charge in [-0.25, -0.2) is 0 Å². The lowest BCUT2D eigenvalue weighted by molar-refractivity contribution is -0.122. The lowest BCUT2D eigenvalue weighted by atomic mass is 9.76. The summed E-state index contributed by atoms with van der Waals surface area (Å²) in [5.74, 6) is 0. The maximum atomic E-state index is 9.57. The Kier molecular flexibility index (Phi) is 6.21. The molecule has 0 saturated heterocycles. The maximum Gasteiger partial charge on any atom is 0.290 e. The van der Waals surface area contributed by atoms with Crippen LogP contribution in [-0.4, -0.2) is 23.3 Å². The number of carbonyl (C=O) groups is 1. The monoisotopic (exact) mass is 396 g/mol. The van der Waals surface area contributed by atoms with Crippen LogP contribution in [0.4, 0.5) is 0 Å². The molecule has 0 unspecified atom stereocenters. The molecule has 4 rings (SSSR count). The Morgan fingerprint density at radius 3 is 2.61 bits per heavy atom. The number of benzene rings is 2. The molecule has 4 heteroatoms. The van der Waals surface area contributed by atoms with Crippen LogP contribution in [0.1, 0.15) is 41.8 Å². The van der Waals surface area contributed by atoms with Crippen molar-refractivity contribution in [1.29, 1.82) is 0 Å². The van der Waals surface area contributed by atoms with Crippen LogP contribution in [0.2, 0.25) is 0 Å². The van der Waals surface area contributed by atoms with Gasteiger partial charge in [0.05, 0.1) is 0 Å². The van der Waals surface area contributed by atoms with E-state index in [0.717, 1.165) is 0 Å². The zero-order chi connectivity index (χ0) is 20.3. The Morgan fingerprint density at radius 1 is 1.18 bits per heavy atom. The summed E-state index contributed by atoms with van der Waals surface area (Å²) in [6.07, 6.45) is 4.38. The van der Waals surface area contributed by atoms with Gasteiger partial charge in [0.1, 0.15) is 0 Å². The quantitative estimate of drug-likeness (QED) is 0.564. The number of aliphatic hydroxyl groups excluding tert-OH is 1. The molecule has 2 aromatic carbocycles. The summed E-state index contributed by atoms with van der Waals surface area (Å²) in [4.78, 5) is 11.4. The van der Waals surface area contributed by atoms with Crippen molar-refractivity contribution in [3.63, 3.8) is 0 Å². The highest BCUT2D eigenvalue weighted by Gasteiger charge is 2.30. The number of rotatable bonds is 3. The molecule has 0 aliphatic heterocycles. The Balaban J connectivity index is 0.000000706. The van der Waals surface area contributed by atoms with E-state index >= 15 is 0 Å². The second kappa shape index (κ2) is 8.46. The molecule has 1 aromatic heterocycles. The Morgan fingerprint density at radius 2 is 1.89 bits per heavy atom. The topological polar surface area (TPSA) is 57.5 Å². The van der Waals surface area contributed by atoms with Crippen LogP contribution in [0.15, 0.2) is 36.4 Å². The Labute approximate surface area is 170 Å². The summed E-state index contributed by atoms with van der Waals surface area (Å²) < 4.78 is 0. The van der Waals surface area contributed by atoms with Gasteiger partial charge in [-0.1, -0.05) is 50.2 Å². The molecule has 1 heterocycles. The average molecular weight is 397 g/mol. The lowest BCUT2D eigenvalue weighted by Gasteiger charge is -2.29. The van der Waals surface area contributed by atoms with Crippen molar-refractivity contribution >= 4 is 28.6 Å². The van der Waals surface area contributed by atoms with Crippen molar-refractivity contribution in [2.24, 2.45) is 5.41 Å². The van der Waals surface area contributed by atoms with E-state index < -0.39 is 0 Å². The van der Waals surface area contributed by atoms with E-state index in [9.17, 15) is 5.11 Å². The highest BCUT2D eigenvalue weighted by atomic mass is 32.1. The predicted molar refractivity (Wildman–Crippen MR) is 117 cm³/mol. The molecule has 0 spiro atoms. The number of carboxylic acid groups (broad SMARTS) is 1. The number of aryl methyl sites for hydroxylation is 1. The summed E-state index contributed by atoms with van der Waals surface area (Å²) >= 11 is 1.99. The SMILES string of the molecule is Cc1c(-c2c(CCO)ccc3ccccc23)sc2c1CC(C)(C)CC2.O=CO. The van der Waals surface area contributed by atoms with Crippen LogP contribution in [0.5, 0.6) is 0 Å². The number of thiophene rings is 1. The summed E-state index contributed by atoms with van der Waals surface area (Å²) in [6, 6.07) is 13.0. The Hall–Kier alpha value is -2.17. The van der Waals surface area contributed by atoms with Crippen LogP contribution in [0.25, 0.3) is 21.2 Å². The lowest BCUT2D eigenvalue weighted by Crippen LogP contribution is -2.21. The van der Waals surface area contributed by atoms with Gasteiger partial charge in [0.2, 0.25) is 0 Å². The van der Waals surface area contributed by atoms with Crippen LogP contribution in [0.3, 0.4) is 0 Å². The van der Waals surface area contributed by atoms with Gasteiger partial charge in [0, 0.05) is 21.9 Å². The molecule has 0 radical (unpaired) electrons. The van der Waals surface area contributed by atoms with Crippen molar-refractivity contribution in [3.8, 4) is 10.4 Å². The molecule has 0 fully saturated rings. The zero-order valence-electron chi connectivity index (χ0n) is 16.8. The van der Waals surface area contributed by atoms with E-state index in [1.807, 2.05) is 11.3 Å². The van der Waals surface area contributed by atoms with E-state index in [2.05, 4.69) is 57.2 Å². The molecular formula is C24H28O3S. The van der Waals surface area contributed by atoms with Gasteiger partial charge in [-0.2, -0.15) is 0 Å². The highest BCUT2D eigenvalue weighted by molar-refractivity contribution is 7.16. The molecular weight excluding hydrogens is 368 g/mol. The number of hydrogen-bond donors (Lipinski definition) is 2. The molecule has 0 bridgehead atoms. The van der Waals surface area contributed by atoms with Gasteiger partial charge in [0.25, 0.3) is 6.47 Å². The standard InChI is InChI=1S/C23H26OS.CH2O2/c1-15-19-14-23(2,3)12-10-20(19)25-22(15)21-17(11-13-24)9-8-16-6-4-5-7-18(16)21;2-1-3/h4-9,24H,10-14H2,1-3H3;1H,(H,2,3). The smallest absolute Gasteiger partial charge is 0.290 e. The Bertz CT molecular complexity index is 985. The molecule has 1 aliphatic rings.